The number of hydrogen-bond donors (Lipinski definition) is 3. The number of carbonyl (C=O) groups is 2. The smallest absolute Gasteiger partial charge is 0.254 e. The number of carbonyl (C=O) groups excluding carboxylic acids is 2. The number of anilines is 1. The molecule has 0 radical (unpaired) electrons. The van der Waals surface area contributed by atoms with Crippen molar-refractivity contribution in [3.63, 3.8) is 0 Å². The van der Waals surface area contributed by atoms with Gasteiger partial charge in [-0.25, -0.2) is 0 Å². The molecular formula is C30H38N4O2S2. The Labute approximate surface area is 234 Å². The highest BCUT2D eigenvalue weighted by Gasteiger charge is 2.40. The summed E-state index contributed by atoms with van der Waals surface area (Å²) in [5.41, 5.74) is 3.37. The largest absolute Gasteiger partial charge is 0.359 e. The first-order chi connectivity index (χ1) is 18.4. The number of thiocarbonyl (C=S) groups is 1. The van der Waals surface area contributed by atoms with Crippen LogP contribution in [0.15, 0.2) is 30.3 Å². The van der Waals surface area contributed by atoms with Crippen molar-refractivity contribution >= 4 is 45.5 Å². The average Bonchev–Trinajstić information content (AvgIpc) is 3.77. The number of rotatable bonds is 10. The van der Waals surface area contributed by atoms with E-state index in [0.717, 1.165) is 67.4 Å². The third kappa shape index (κ3) is 6.23. The SMILES string of the molecule is CC1(CN(Cc2ccccc2)C(=S)N[C@@H]2CCc3sc(NC(=O)C4CC4)c(C(=O)NCC4CC4)c3C2)CC1. The zero-order valence-corrected chi connectivity index (χ0v) is 23.8. The topological polar surface area (TPSA) is 73.5 Å². The summed E-state index contributed by atoms with van der Waals surface area (Å²) in [6.07, 6.45) is 9.36. The van der Waals surface area contributed by atoms with E-state index in [-0.39, 0.29) is 23.8 Å². The van der Waals surface area contributed by atoms with Crippen LogP contribution in [0.25, 0.3) is 0 Å². The van der Waals surface area contributed by atoms with Gasteiger partial charge in [0.05, 0.1) is 5.56 Å². The molecular weight excluding hydrogens is 512 g/mol. The second-order valence-electron chi connectivity index (χ2n) is 12.2. The van der Waals surface area contributed by atoms with E-state index < -0.39 is 0 Å². The van der Waals surface area contributed by atoms with Gasteiger partial charge in [0, 0.05) is 36.5 Å². The van der Waals surface area contributed by atoms with Gasteiger partial charge in [-0.15, -0.1) is 11.3 Å². The fraction of sp³-hybridized carbons (Fsp3) is 0.567. The Morgan fingerprint density at radius 2 is 1.87 bits per heavy atom. The second-order valence-corrected chi connectivity index (χ2v) is 13.7. The van der Waals surface area contributed by atoms with E-state index in [9.17, 15) is 9.59 Å². The van der Waals surface area contributed by atoms with Gasteiger partial charge in [0.1, 0.15) is 5.00 Å². The molecule has 1 aromatic carbocycles. The fourth-order valence-corrected chi connectivity index (χ4v) is 6.88. The Bertz CT molecular complexity index is 1210. The molecule has 38 heavy (non-hydrogen) atoms. The lowest BCUT2D eigenvalue weighted by atomic mass is 9.91. The van der Waals surface area contributed by atoms with Crippen LogP contribution in [-0.2, 0) is 24.2 Å². The quantitative estimate of drug-likeness (QED) is 0.352. The van der Waals surface area contributed by atoms with Gasteiger partial charge < -0.3 is 20.9 Å². The van der Waals surface area contributed by atoms with Crippen LogP contribution in [0.4, 0.5) is 5.00 Å². The standard InChI is InChI=1S/C30H38N4O2S2/c1-30(13-14-30)18-34(17-20-5-3-2-4-6-20)29(37)32-22-11-12-24-23(15-22)25(27(36)31-16-19-7-8-19)28(38-24)33-26(35)21-9-10-21/h2-6,19,21-22H,7-18H2,1H3,(H,31,36)(H,32,37)(H,33,35)/t22-/m1/s1. The van der Waals surface area contributed by atoms with Crippen LogP contribution in [0.1, 0.15) is 78.2 Å². The Kier molecular flexibility index (Phi) is 7.20. The van der Waals surface area contributed by atoms with Crippen LogP contribution in [0.3, 0.4) is 0 Å². The highest BCUT2D eigenvalue weighted by molar-refractivity contribution is 7.80. The zero-order chi connectivity index (χ0) is 26.3. The Hall–Kier alpha value is -2.45. The number of hydrogen-bond acceptors (Lipinski definition) is 4. The Morgan fingerprint density at radius 3 is 2.55 bits per heavy atom. The average molecular weight is 551 g/mol. The number of nitrogens with zero attached hydrogens (tertiary/aromatic N) is 1. The normalized spacial score (nSPS) is 21.2. The van der Waals surface area contributed by atoms with Crippen molar-refractivity contribution in [2.45, 2.75) is 77.3 Å². The molecule has 3 N–H and O–H groups in total. The van der Waals surface area contributed by atoms with Crippen molar-refractivity contribution in [2.75, 3.05) is 18.4 Å². The molecule has 0 unspecified atom stereocenters. The van der Waals surface area contributed by atoms with E-state index in [0.29, 0.717) is 16.9 Å². The van der Waals surface area contributed by atoms with Gasteiger partial charge in [-0.3, -0.25) is 9.59 Å². The maximum atomic E-state index is 13.4. The predicted molar refractivity (Wildman–Crippen MR) is 156 cm³/mol. The summed E-state index contributed by atoms with van der Waals surface area (Å²) in [6, 6.07) is 10.7. The van der Waals surface area contributed by atoms with Crippen molar-refractivity contribution in [1.29, 1.82) is 0 Å². The summed E-state index contributed by atoms with van der Waals surface area (Å²) < 4.78 is 0. The second kappa shape index (κ2) is 10.6. The highest BCUT2D eigenvalue weighted by atomic mass is 32.1. The van der Waals surface area contributed by atoms with Gasteiger partial charge in [-0.05, 0) is 92.5 Å². The van der Waals surface area contributed by atoms with Gasteiger partial charge in [0.25, 0.3) is 5.91 Å². The first-order valence-corrected chi connectivity index (χ1v) is 15.4. The number of fused-ring (bicyclic) bond motifs is 1. The molecule has 0 saturated heterocycles. The minimum atomic E-state index is -0.0453. The summed E-state index contributed by atoms with van der Waals surface area (Å²) in [7, 11) is 0. The summed E-state index contributed by atoms with van der Waals surface area (Å²) in [6.45, 7) is 4.81. The molecule has 0 aliphatic heterocycles. The molecule has 0 bridgehead atoms. The minimum absolute atomic E-state index is 0.0453. The minimum Gasteiger partial charge on any atom is -0.359 e. The van der Waals surface area contributed by atoms with Crippen LogP contribution in [0.5, 0.6) is 0 Å². The van der Waals surface area contributed by atoms with Crippen molar-refractivity contribution in [2.24, 2.45) is 17.3 Å². The summed E-state index contributed by atoms with van der Waals surface area (Å²) in [5.74, 6) is 0.720. The summed E-state index contributed by atoms with van der Waals surface area (Å²) in [5, 5.41) is 11.5. The van der Waals surface area contributed by atoms with Crippen LogP contribution in [0.2, 0.25) is 0 Å². The summed E-state index contributed by atoms with van der Waals surface area (Å²) >= 11 is 7.59. The Morgan fingerprint density at radius 1 is 1.11 bits per heavy atom. The molecule has 1 atom stereocenters. The molecule has 6 rings (SSSR count). The van der Waals surface area contributed by atoms with Crippen LogP contribution < -0.4 is 16.0 Å². The molecule has 4 aliphatic carbocycles. The van der Waals surface area contributed by atoms with E-state index in [4.69, 9.17) is 12.2 Å². The lowest BCUT2D eigenvalue weighted by molar-refractivity contribution is -0.117. The van der Waals surface area contributed by atoms with E-state index in [2.05, 4.69) is 52.0 Å². The third-order valence-corrected chi connectivity index (χ3v) is 10.0. The maximum Gasteiger partial charge on any atom is 0.254 e. The summed E-state index contributed by atoms with van der Waals surface area (Å²) in [4.78, 5) is 29.6. The van der Waals surface area contributed by atoms with Crippen LogP contribution in [-0.4, -0.2) is 41.0 Å². The molecule has 8 heteroatoms. The molecule has 1 aromatic heterocycles. The van der Waals surface area contributed by atoms with E-state index in [1.807, 2.05) is 6.07 Å². The lowest BCUT2D eigenvalue weighted by Crippen LogP contribution is -2.47. The van der Waals surface area contributed by atoms with E-state index in [1.165, 1.54) is 36.1 Å². The highest BCUT2D eigenvalue weighted by Crippen LogP contribution is 2.46. The third-order valence-electron chi connectivity index (χ3n) is 8.43. The van der Waals surface area contributed by atoms with E-state index in [1.54, 1.807) is 11.3 Å². The maximum absolute atomic E-state index is 13.4. The predicted octanol–water partition coefficient (Wildman–Crippen LogP) is 5.27. The van der Waals surface area contributed by atoms with Crippen molar-refractivity contribution < 1.29 is 9.59 Å². The van der Waals surface area contributed by atoms with E-state index >= 15 is 0 Å². The molecule has 2 aromatic rings. The first-order valence-electron chi connectivity index (χ1n) is 14.2. The van der Waals surface area contributed by atoms with Gasteiger partial charge in [-0.1, -0.05) is 37.3 Å². The van der Waals surface area contributed by atoms with Gasteiger partial charge in [0.2, 0.25) is 5.91 Å². The van der Waals surface area contributed by atoms with Gasteiger partial charge in [-0.2, -0.15) is 0 Å². The molecule has 202 valence electrons. The van der Waals surface area contributed by atoms with Crippen LogP contribution >= 0.6 is 23.6 Å². The van der Waals surface area contributed by atoms with Gasteiger partial charge >= 0.3 is 0 Å². The monoisotopic (exact) mass is 550 g/mol. The molecule has 4 aliphatic rings. The molecule has 1 heterocycles. The molecule has 2 amide bonds. The number of aryl methyl sites for hydroxylation is 1. The van der Waals surface area contributed by atoms with Crippen LogP contribution in [0, 0.1) is 17.3 Å². The number of nitrogens with one attached hydrogen (secondary N) is 3. The molecule has 6 nitrogen and oxygen atoms in total. The van der Waals surface area contributed by atoms with Gasteiger partial charge in [0.15, 0.2) is 5.11 Å². The fourth-order valence-electron chi connectivity index (χ4n) is 5.34. The van der Waals surface area contributed by atoms with Crippen molar-refractivity contribution in [3.05, 3.63) is 51.9 Å². The molecule has 0 spiro atoms. The first kappa shape index (κ1) is 25.8. The molecule has 3 fully saturated rings. The van der Waals surface area contributed by atoms with Crippen molar-refractivity contribution in [1.82, 2.24) is 15.5 Å². The van der Waals surface area contributed by atoms with Crippen molar-refractivity contribution in [3.8, 4) is 0 Å². The Balaban J connectivity index is 1.18. The number of benzene rings is 1. The zero-order valence-electron chi connectivity index (χ0n) is 22.2. The number of thiophene rings is 1. The lowest BCUT2D eigenvalue weighted by Gasteiger charge is -2.33. The number of amides is 2. The molecule has 3 saturated carbocycles.